The molecule has 0 N–H and O–H groups in total. The van der Waals surface area contributed by atoms with Gasteiger partial charge in [-0.1, -0.05) is 135 Å². The van der Waals surface area contributed by atoms with Crippen LogP contribution in [0.3, 0.4) is 0 Å². The van der Waals surface area contributed by atoms with Crippen LogP contribution in [0.4, 0.5) is 17.1 Å². The van der Waals surface area contributed by atoms with E-state index in [0.717, 1.165) is 17.1 Å². The molecule has 54 heavy (non-hydrogen) atoms. The van der Waals surface area contributed by atoms with Crippen LogP contribution in [0.5, 0.6) is 0 Å². The van der Waals surface area contributed by atoms with E-state index in [4.69, 9.17) is 0 Å². The monoisotopic (exact) mass is 708 g/mol. The van der Waals surface area contributed by atoms with Gasteiger partial charge in [0.15, 0.2) is 0 Å². The molecule has 1 aliphatic carbocycles. The number of para-hydroxylation sites is 2. The summed E-state index contributed by atoms with van der Waals surface area (Å²) in [6.07, 6.45) is 0. The summed E-state index contributed by atoms with van der Waals surface area (Å²) in [5, 5.41) is 5.23. The molecule has 0 spiro atoms. The van der Waals surface area contributed by atoms with Crippen LogP contribution in [-0.4, -0.2) is 4.57 Å². The van der Waals surface area contributed by atoms with E-state index < -0.39 is 0 Å². The molecule has 3 heteroatoms. The number of hydrogen-bond acceptors (Lipinski definition) is 2. The van der Waals surface area contributed by atoms with Gasteiger partial charge in [-0.2, -0.15) is 0 Å². The minimum atomic E-state index is -0.0661. The van der Waals surface area contributed by atoms with Crippen LogP contribution in [0.25, 0.3) is 69.9 Å². The van der Waals surface area contributed by atoms with Gasteiger partial charge in [-0.15, -0.1) is 11.3 Å². The van der Waals surface area contributed by atoms with Gasteiger partial charge in [0.25, 0.3) is 0 Å². The smallest absolute Gasteiger partial charge is 0.0719 e. The fourth-order valence-corrected chi connectivity index (χ4v) is 10.2. The third-order valence-electron chi connectivity index (χ3n) is 11.6. The lowest BCUT2D eigenvalue weighted by Crippen LogP contribution is -2.16. The maximum Gasteiger partial charge on any atom is 0.0719 e. The SMILES string of the molecule is CC1(C)c2ccccc2-c2ccc(N(c3ccccc3)c3ccc(-c4ccc(-n5c6ccccc6c6ccc7c8ccccc8sc7c65)cc4)cc3)cc21. The van der Waals surface area contributed by atoms with Crippen molar-refractivity contribution < 1.29 is 0 Å². The maximum atomic E-state index is 2.46. The van der Waals surface area contributed by atoms with Crippen molar-refractivity contribution in [2.24, 2.45) is 0 Å². The Hall–Kier alpha value is -6.42. The zero-order valence-corrected chi connectivity index (χ0v) is 30.9. The van der Waals surface area contributed by atoms with Gasteiger partial charge < -0.3 is 9.47 Å². The minimum Gasteiger partial charge on any atom is -0.310 e. The van der Waals surface area contributed by atoms with Crippen LogP contribution in [0.2, 0.25) is 0 Å². The van der Waals surface area contributed by atoms with Crippen molar-refractivity contribution in [1.82, 2.24) is 4.57 Å². The molecule has 0 saturated carbocycles. The standard InChI is InChI=1S/C51H36N2S/c1-51(2)45-17-9-6-14-39(45)40-29-28-38(32-46(40)51)52(35-12-4-3-5-13-35)36-24-20-33(21-25-36)34-22-26-37(27-23-34)53-47-18-10-7-15-41(47)43-30-31-44-42-16-8-11-19-48(42)54-50(44)49(43)53/h3-32H,1-2H3. The lowest BCUT2D eigenvalue weighted by Gasteiger charge is -2.28. The molecule has 256 valence electrons. The Morgan fingerprint density at radius 3 is 1.89 bits per heavy atom. The summed E-state index contributed by atoms with van der Waals surface area (Å²) in [5.41, 5.74) is 14.9. The Kier molecular flexibility index (Phi) is 6.80. The van der Waals surface area contributed by atoms with Crippen LogP contribution >= 0.6 is 11.3 Å². The van der Waals surface area contributed by atoms with E-state index in [2.05, 4.69) is 205 Å². The predicted octanol–water partition coefficient (Wildman–Crippen LogP) is 14.6. The summed E-state index contributed by atoms with van der Waals surface area (Å²) < 4.78 is 5.12. The van der Waals surface area contributed by atoms with Crippen molar-refractivity contribution in [1.29, 1.82) is 0 Å². The second-order valence-corrected chi connectivity index (χ2v) is 16.0. The van der Waals surface area contributed by atoms with Crippen LogP contribution < -0.4 is 4.90 Å². The van der Waals surface area contributed by atoms with Crippen LogP contribution in [0.1, 0.15) is 25.0 Å². The molecule has 2 heterocycles. The Bertz CT molecular complexity index is 3060. The van der Waals surface area contributed by atoms with E-state index in [1.54, 1.807) is 0 Å². The lowest BCUT2D eigenvalue weighted by atomic mass is 9.82. The van der Waals surface area contributed by atoms with Gasteiger partial charge in [-0.3, -0.25) is 0 Å². The molecule has 0 fully saturated rings. The first-order chi connectivity index (χ1) is 26.5. The highest BCUT2D eigenvalue weighted by atomic mass is 32.1. The van der Waals surface area contributed by atoms with E-state index in [0.29, 0.717) is 0 Å². The van der Waals surface area contributed by atoms with Crippen LogP contribution in [-0.2, 0) is 5.41 Å². The van der Waals surface area contributed by atoms with Crippen molar-refractivity contribution in [2.45, 2.75) is 19.3 Å². The first-order valence-electron chi connectivity index (χ1n) is 18.7. The first-order valence-corrected chi connectivity index (χ1v) is 19.5. The Balaban J connectivity index is 0.980. The molecule has 0 atom stereocenters. The number of rotatable bonds is 5. The molecule has 0 amide bonds. The van der Waals surface area contributed by atoms with E-state index in [1.165, 1.54) is 81.0 Å². The second-order valence-electron chi connectivity index (χ2n) is 15.0. The zero-order chi connectivity index (χ0) is 36.0. The third kappa shape index (κ3) is 4.58. The van der Waals surface area contributed by atoms with E-state index in [9.17, 15) is 0 Å². The highest BCUT2D eigenvalue weighted by molar-refractivity contribution is 7.26. The van der Waals surface area contributed by atoms with Crippen molar-refractivity contribution >= 4 is 70.4 Å². The van der Waals surface area contributed by atoms with Gasteiger partial charge in [-0.25, -0.2) is 0 Å². The summed E-state index contributed by atoms with van der Waals surface area (Å²) in [4.78, 5) is 2.38. The van der Waals surface area contributed by atoms with E-state index in [1.807, 2.05) is 11.3 Å². The number of aromatic nitrogens is 1. The molecule has 0 aliphatic heterocycles. The summed E-state index contributed by atoms with van der Waals surface area (Å²) in [5.74, 6) is 0. The Morgan fingerprint density at radius 2 is 1.07 bits per heavy atom. The van der Waals surface area contributed by atoms with Gasteiger partial charge in [0.2, 0.25) is 0 Å². The number of thiophene rings is 1. The third-order valence-corrected chi connectivity index (χ3v) is 12.8. The molecule has 1 aliphatic rings. The molecule has 0 bridgehead atoms. The number of nitrogens with zero attached hydrogens (tertiary/aromatic N) is 2. The van der Waals surface area contributed by atoms with Crippen molar-refractivity contribution in [2.75, 3.05) is 4.90 Å². The van der Waals surface area contributed by atoms with Crippen LogP contribution in [0.15, 0.2) is 182 Å². The molecule has 8 aromatic carbocycles. The summed E-state index contributed by atoms with van der Waals surface area (Å²) in [6.45, 7) is 4.69. The lowest BCUT2D eigenvalue weighted by molar-refractivity contribution is 0.660. The zero-order valence-electron chi connectivity index (χ0n) is 30.1. The first kappa shape index (κ1) is 31.1. The molecule has 11 rings (SSSR count). The summed E-state index contributed by atoms with van der Waals surface area (Å²) >= 11 is 1.89. The normalized spacial score (nSPS) is 13.1. The van der Waals surface area contributed by atoms with Crippen molar-refractivity contribution in [3.8, 4) is 27.9 Å². The second kappa shape index (κ2) is 11.8. The largest absolute Gasteiger partial charge is 0.310 e. The van der Waals surface area contributed by atoms with Gasteiger partial charge in [-0.05, 0) is 94.0 Å². The molecular weight excluding hydrogens is 673 g/mol. The topological polar surface area (TPSA) is 8.17 Å². The number of hydrogen-bond donors (Lipinski definition) is 0. The molecule has 0 radical (unpaired) electrons. The molecule has 10 aromatic rings. The average Bonchev–Trinajstić information content (AvgIpc) is 3.85. The quantitative estimate of drug-likeness (QED) is 0.173. The van der Waals surface area contributed by atoms with Gasteiger partial charge in [0.1, 0.15) is 0 Å². The molecule has 0 unspecified atom stereocenters. The molecular formula is C51H36N2S. The fourth-order valence-electron chi connectivity index (χ4n) is 8.96. The van der Waals surface area contributed by atoms with Gasteiger partial charge in [0, 0.05) is 54.4 Å². The molecule has 0 saturated heterocycles. The number of benzene rings is 8. The average molecular weight is 709 g/mol. The van der Waals surface area contributed by atoms with E-state index >= 15 is 0 Å². The highest BCUT2D eigenvalue weighted by Gasteiger charge is 2.35. The Labute approximate surface area is 318 Å². The predicted molar refractivity (Wildman–Crippen MR) is 231 cm³/mol. The number of anilines is 3. The van der Waals surface area contributed by atoms with E-state index in [-0.39, 0.29) is 5.41 Å². The summed E-state index contributed by atoms with van der Waals surface area (Å²) in [6, 6.07) is 66.9. The number of fused-ring (bicyclic) bond motifs is 10. The Morgan fingerprint density at radius 1 is 0.463 bits per heavy atom. The molecule has 2 nitrogen and oxygen atoms in total. The fraction of sp³-hybridized carbons (Fsp3) is 0.0588. The van der Waals surface area contributed by atoms with Gasteiger partial charge >= 0.3 is 0 Å². The van der Waals surface area contributed by atoms with Gasteiger partial charge in [0.05, 0.1) is 15.7 Å². The minimum absolute atomic E-state index is 0.0661. The highest BCUT2D eigenvalue weighted by Crippen LogP contribution is 2.51. The molecule has 2 aromatic heterocycles. The summed E-state index contributed by atoms with van der Waals surface area (Å²) in [7, 11) is 0. The van der Waals surface area contributed by atoms with Crippen molar-refractivity contribution in [3.05, 3.63) is 193 Å². The van der Waals surface area contributed by atoms with Crippen LogP contribution in [0, 0.1) is 0 Å². The van der Waals surface area contributed by atoms with Crippen molar-refractivity contribution in [3.63, 3.8) is 0 Å². The maximum absolute atomic E-state index is 2.46.